The maximum atomic E-state index is 14.3. The Morgan fingerprint density at radius 2 is 1.73 bits per heavy atom. The Balaban J connectivity index is 2.00. The van der Waals surface area contributed by atoms with Crippen LogP contribution < -0.4 is 15.4 Å². The van der Waals surface area contributed by atoms with Crippen LogP contribution in [-0.2, 0) is 4.79 Å². The number of carbonyl (C=O) groups excluding carboxylic acids is 2. The molecule has 0 unspecified atom stereocenters. The van der Waals surface area contributed by atoms with Crippen LogP contribution in [0.25, 0.3) is 6.08 Å². The normalized spacial score (nSPS) is 10.9. The Labute approximate surface area is 197 Å². The van der Waals surface area contributed by atoms with Crippen molar-refractivity contribution in [2.24, 2.45) is 0 Å². The van der Waals surface area contributed by atoms with Crippen LogP contribution in [0, 0.1) is 5.82 Å². The van der Waals surface area contributed by atoms with E-state index in [9.17, 15) is 23.9 Å². The first-order valence-electron chi connectivity index (χ1n) is 9.54. The third-order valence-electron chi connectivity index (χ3n) is 4.48. The second-order valence-corrected chi connectivity index (χ2v) is 7.63. The minimum atomic E-state index is -1.20. The molecule has 0 aromatic heterocycles. The highest BCUT2D eigenvalue weighted by molar-refractivity contribution is 9.10. The van der Waals surface area contributed by atoms with Gasteiger partial charge in [-0.25, -0.2) is 9.18 Å². The number of carbonyl (C=O) groups is 3. The molecule has 33 heavy (non-hydrogen) atoms. The summed E-state index contributed by atoms with van der Waals surface area (Å²) < 4.78 is 20.1. The summed E-state index contributed by atoms with van der Waals surface area (Å²) >= 11 is 3.25. The van der Waals surface area contributed by atoms with Gasteiger partial charge >= 0.3 is 5.97 Å². The molecule has 0 fully saturated rings. The van der Waals surface area contributed by atoms with Crippen molar-refractivity contribution < 1.29 is 28.6 Å². The van der Waals surface area contributed by atoms with E-state index in [1.807, 2.05) is 0 Å². The van der Waals surface area contributed by atoms with Crippen LogP contribution in [0.3, 0.4) is 0 Å². The van der Waals surface area contributed by atoms with E-state index in [-0.39, 0.29) is 33.8 Å². The van der Waals surface area contributed by atoms with Crippen molar-refractivity contribution in [1.82, 2.24) is 5.32 Å². The van der Waals surface area contributed by atoms with Gasteiger partial charge in [0, 0.05) is 15.6 Å². The highest BCUT2D eigenvalue weighted by atomic mass is 79.9. The molecule has 0 heterocycles. The van der Waals surface area contributed by atoms with Gasteiger partial charge in [0.15, 0.2) is 0 Å². The van der Waals surface area contributed by atoms with Crippen molar-refractivity contribution in [2.75, 3.05) is 12.4 Å². The Kier molecular flexibility index (Phi) is 7.57. The lowest BCUT2D eigenvalue weighted by Crippen LogP contribution is -2.31. The molecule has 0 aliphatic carbocycles. The van der Waals surface area contributed by atoms with Crippen molar-refractivity contribution in [2.45, 2.75) is 0 Å². The molecule has 0 radical (unpaired) electrons. The predicted octanol–water partition coefficient (Wildman–Crippen LogP) is 4.70. The van der Waals surface area contributed by atoms with Gasteiger partial charge in [0.05, 0.1) is 18.4 Å². The van der Waals surface area contributed by atoms with E-state index in [4.69, 9.17) is 4.74 Å². The summed E-state index contributed by atoms with van der Waals surface area (Å²) in [7, 11) is 1.36. The lowest BCUT2D eigenvalue weighted by molar-refractivity contribution is -0.113. The monoisotopic (exact) mass is 512 g/mol. The first-order chi connectivity index (χ1) is 15.8. The molecule has 3 N–H and O–H groups in total. The van der Waals surface area contributed by atoms with Gasteiger partial charge in [-0.05, 0) is 54.6 Å². The number of hydrogen-bond acceptors (Lipinski definition) is 4. The van der Waals surface area contributed by atoms with Crippen molar-refractivity contribution in [3.8, 4) is 5.75 Å². The fraction of sp³-hybridized carbons (Fsp3) is 0.0417. The number of ether oxygens (including phenoxy) is 1. The largest absolute Gasteiger partial charge is 0.495 e. The zero-order valence-electron chi connectivity index (χ0n) is 17.3. The molecule has 2 amide bonds. The van der Waals surface area contributed by atoms with Crippen LogP contribution in [0.15, 0.2) is 76.9 Å². The van der Waals surface area contributed by atoms with Crippen LogP contribution in [0.1, 0.15) is 26.3 Å². The molecule has 0 atom stereocenters. The van der Waals surface area contributed by atoms with Crippen LogP contribution in [0.5, 0.6) is 5.75 Å². The number of carboxylic acids is 1. The SMILES string of the molecule is COc1ccc(C(=O)O)cc1NC(=O)/C(=C/c1cc(Br)ccc1F)NC(=O)c1ccccc1. The molecular weight excluding hydrogens is 495 g/mol. The van der Waals surface area contributed by atoms with Crippen molar-refractivity contribution in [3.63, 3.8) is 0 Å². The first kappa shape index (κ1) is 23.7. The van der Waals surface area contributed by atoms with Gasteiger partial charge in [0.1, 0.15) is 17.3 Å². The summed E-state index contributed by atoms with van der Waals surface area (Å²) in [6, 6.07) is 16.3. The van der Waals surface area contributed by atoms with Crippen LogP contribution in [0.2, 0.25) is 0 Å². The molecule has 0 aliphatic heterocycles. The molecule has 3 rings (SSSR count). The average Bonchev–Trinajstić information content (AvgIpc) is 2.81. The number of aromatic carboxylic acids is 1. The first-order valence-corrected chi connectivity index (χ1v) is 10.3. The van der Waals surface area contributed by atoms with Crippen molar-refractivity contribution >= 4 is 45.5 Å². The minimum absolute atomic E-state index is 0.0501. The number of halogens is 2. The number of methoxy groups -OCH3 is 1. The van der Waals surface area contributed by atoms with E-state index >= 15 is 0 Å². The number of carboxylic acid groups (broad SMARTS) is 1. The molecule has 9 heteroatoms. The molecule has 0 bridgehead atoms. The van der Waals surface area contributed by atoms with Crippen LogP contribution >= 0.6 is 15.9 Å². The number of anilines is 1. The second-order valence-electron chi connectivity index (χ2n) is 6.72. The van der Waals surface area contributed by atoms with Gasteiger partial charge in [0.25, 0.3) is 11.8 Å². The number of hydrogen-bond donors (Lipinski definition) is 3. The number of benzene rings is 3. The summed E-state index contributed by atoms with van der Waals surface area (Å²) in [6.07, 6.45) is 1.18. The zero-order valence-corrected chi connectivity index (χ0v) is 18.9. The molecule has 0 saturated carbocycles. The predicted molar refractivity (Wildman–Crippen MR) is 125 cm³/mol. The fourth-order valence-electron chi connectivity index (χ4n) is 2.85. The summed E-state index contributed by atoms with van der Waals surface area (Å²) in [4.78, 5) is 37.1. The Morgan fingerprint density at radius 1 is 1.00 bits per heavy atom. The summed E-state index contributed by atoms with van der Waals surface area (Å²) in [5.41, 5.74) is 0.0640. The van der Waals surface area contributed by atoms with Gasteiger partial charge in [-0.1, -0.05) is 34.1 Å². The Morgan fingerprint density at radius 3 is 2.39 bits per heavy atom. The Bertz CT molecular complexity index is 1240. The second kappa shape index (κ2) is 10.6. The number of amides is 2. The van der Waals surface area contributed by atoms with Gasteiger partial charge in [-0.15, -0.1) is 0 Å². The molecule has 0 aliphatic rings. The minimum Gasteiger partial charge on any atom is -0.495 e. The summed E-state index contributed by atoms with van der Waals surface area (Å²) in [5.74, 6) is -2.99. The topological polar surface area (TPSA) is 105 Å². The molecule has 0 spiro atoms. The summed E-state index contributed by atoms with van der Waals surface area (Å²) in [6.45, 7) is 0. The third-order valence-corrected chi connectivity index (χ3v) is 4.97. The average molecular weight is 513 g/mol. The lowest BCUT2D eigenvalue weighted by Gasteiger charge is -2.14. The maximum Gasteiger partial charge on any atom is 0.335 e. The molecule has 3 aromatic carbocycles. The molecule has 7 nitrogen and oxygen atoms in total. The maximum absolute atomic E-state index is 14.3. The highest BCUT2D eigenvalue weighted by Crippen LogP contribution is 2.26. The number of rotatable bonds is 7. The van der Waals surface area contributed by atoms with E-state index in [1.54, 1.807) is 30.3 Å². The Hall–Kier alpha value is -3.98. The standard InChI is InChI=1S/C24H18BrFN2O5/c1-33-21-10-7-15(24(31)32)12-19(21)27-23(30)20(13-16-11-17(25)8-9-18(16)26)28-22(29)14-5-3-2-4-6-14/h2-13H,1H3,(H,27,30)(H,28,29)(H,31,32)/b20-13-. The molecule has 0 saturated heterocycles. The fourth-order valence-corrected chi connectivity index (χ4v) is 3.23. The van der Waals surface area contributed by atoms with E-state index in [0.29, 0.717) is 4.47 Å². The summed E-state index contributed by atoms with van der Waals surface area (Å²) in [5, 5.41) is 14.3. The third kappa shape index (κ3) is 6.05. The van der Waals surface area contributed by atoms with Crippen molar-refractivity contribution in [1.29, 1.82) is 0 Å². The van der Waals surface area contributed by atoms with Crippen LogP contribution in [0.4, 0.5) is 10.1 Å². The zero-order chi connectivity index (χ0) is 24.0. The van der Waals surface area contributed by atoms with Gasteiger partial charge < -0.3 is 20.5 Å². The van der Waals surface area contributed by atoms with Gasteiger partial charge in [-0.2, -0.15) is 0 Å². The van der Waals surface area contributed by atoms with Gasteiger partial charge in [-0.3, -0.25) is 9.59 Å². The van der Waals surface area contributed by atoms with Crippen molar-refractivity contribution in [3.05, 3.63) is 99.4 Å². The van der Waals surface area contributed by atoms with E-state index in [1.165, 1.54) is 49.6 Å². The van der Waals surface area contributed by atoms with Crippen LogP contribution in [-0.4, -0.2) is 30.0 Å². The van der Waals surface area contributed by atoms with E-state index in [0.717, 1.165) is 0 Å². The number of nitrogens with one attached hydrogen (secondary N) is 2. The molecule has 3 aromatic rings. The van der Waals surface area contributed by atoms with Gasteiger partial charge in [0.2, 0.25) is 0 Å². The molecule has 168 valence electrons. The smallest absolute Gasteiger partial charge is 0.335 e. The van der Waals surface area contributed by atoms with E-state index < -0.39 is 23.6 Å². The molecular formula is C24H18BrFN2O5. The van der Waals surface area contributed by atoms with E-state index in [2.05, 4.69) is 26.6 Å². The lowest BCUT2D eigenvalue weighted by atomic mass is 10.1. The quantitative estimate of drug-likeness (QED) is 0.398. The highest BCUT2D eigenvalue weighted by Gasteiger charge is 2.18.